The first-order chi connectivity index (χ1) is 12.0. The third kappa shape index (κ3) is 4.50. The number of esters is 1. The molecular formula is C20H26N2O3. The van der Waals surface area contributed by atoms with E-state index >= 15 is 0 Å². The van der Waals surface area contributed by atoms with E-state index in [1.807, 2.05) is 32.0 Å². The van der Waals surface area contributed by atoms with Crippen LogP contribution in [0.25, 0.3) is 5.69 Å². The van der Waals surface area contributed by atoms with Crippen molar-refractivity contribution >= 4 is 11.9 Å². The third-order valence-corrected chi connectivity index (χ3v) is 4.18. The first kappa shape index (κ1) is 18.8. The average Bonchev–Trinajstić information content (AvgIpc) is 2.87. The summed E-state index contributed by atoms with van der Waals surface area (Å²) < 4.78 is 6.98. The minimum Gasteiger partial charge on any atom is -0.466 e. The van der Waals surface area contributed by atoms with Gasteiger partial charge in [0.25, 0.3) is 5.91 Å². The van der Waals surface area contributed by atoms with E-state index in [9.17, 15) is 9.59 Å². The van der Waals surface area contributed by atoms with Gasteiger partial charge < -0.3 is 14.6 Å². The number of hydrogen-bond acceptors (Lipinski definition) is 3. The van der Waals surface area contributed by atoms with Crippen molar-refractivity contribution in [2.24, 2.45) is 0 Å². The van der Waals surface area contributed by atoms with Crippen molar-refractivity contribution in [3.63, 3.8) is 0 Å². The summed E-state index contributed by atoms with van der Waals surface area (Å²) in [5.41, 5.74) is 4.83. The van der Waals surface area contributed by atoms with Gasteiger partial charge in [0.1, 0.15) is 0 Å². The maximum Gasteiger partial charge on any atom is 0.305 e. The highest BCUT2D eigenvalue weighted by molar-refractivity contribution is 5.96. The molecule has 1 heterocycles. The molecule has 5 heteroatoms. The Morgan fingerprint density at radius 2 is 1.88 bits per heavy atom. The minimum atomic E-state index is -0.227. The van der Waals surface area contributed by atoms with Gasteiger partial charge in [0.05, 0.1) is 12.2 Å². The SMILES string of the molecule is CCOC(=O)CCCNC(=O)c1cc(C)n(-c2ccccc2C)c1C. The van der Waals surface area contributed by atoms with Crippen LogP contribution in [0.2, 0.25) is 0 Å². The number of aryl methyl sites for hydroxylation is 2. The highest BCUT2D eigenvalue weighted by Crippen LogP contribution is 2.23. The molecule has 5 nitrogen and oxygen atoms in total. The molecule has 0 aliphatic rings. The number of carbonyl (C=O) groups excluding carboxylic acids is 2. The fraction of sp³-hybridized carbons (Fsp3) is 0.400. The summed E-state index contributed by atoms with van der Waals surface area (Å²) in [7, 11) is 0. The summed E-state index contributed by atoms with van der Waals surface area (Å²) in [6, 6.07) is 10.0. The average molecular weight is 342 g/mol. The lowest BCUT2D eigenvalue weighted by atomic mass is 10.2. The van der Waals surface area contributed by atoms with Crippen molar-refractivity contribution in [2.75, 3.05) is 13.2 Å². The van der Waals surface area contributed by atoms with E-state index in [-0.39, 0.29) is 11.9 Å². The fourth-order valence-electron chi connectivity index (χ4n) is 2.94. The molecule has 0 fully saturated rings. The van der Waals surface area contributed by atoms with Crippen molar-refractivity contribution in [1.29, 1.82) is 0 Å². The Labute approximate surface area is 149 Å². The van der Waals surface area contributed by atoms with E-state index in [0.717, 1.165) is 22.6 Å². The summed E-state index contributed by atoms with van der Waals surface area (Å²) in [6.45, 7) is 8.62. The Morgan fingerprint density at radius 3 is 2.56 bits per heavy atom. The Kier molecular flexibility index (Phi) is 6.39. The lowest BCUT2D eigenvalue weighted by molar-refractivity contribution is -0.143. The van der Waals surface area contributed by atoms with Crippen LogP contribution in [0.15, 0.2) is 30.3 Å². The van der Waals surface area contributed by atoms with Gasteiger partial charge in [0, 0.05) is 30.0 Å². The van der Waals surface area contributed by atoms with Gasteiger partial charge in [-0.3, -0.25) is 9.59 Å². The number of ether oxygens (including phenoxy) is 1. The standard InChI is InChI=1S/C20H26N2O3/c1-5-25-19(23)11-8-12-21-20(24)17-13-15(3)22(16(17)4)18-10-7-6-9-14(18)2/h6-7,9-10,13H,5,8,11-12H2,1-4H3,(H,21,24). The number of aromatic nitrogens is 1. The lowest BCUT2D eigenvalue weighted by Gasteiger charge is -2.12. The molecule has 0 atom stereocenters. The van der Waals surface area contributed by atoms with Crippen LogP contribution in [0.3, 0.4) is 0 Å². The number of rotatable bonds is 7. The fourth-order valence-corrected chi connectivity index (χ4v) is 2.94. The third-order valence-electron chi connectivity index (χ3n) is 4.18. The molecule has 1 amide bonds. The number of amides is 1. The smallest absolute Gasteiger partial charge is 0.305 e. The van der Waals surface area contributed by atoms with Crippen LogP contribution < -0.4 is 5.32 Å². The molecule has 0 saturated carbocycles. The van der Waals surface area contributed by atoms with E-state index in [2.05, 4.69) is 28.9 Å². The van der Waals surface area contributed by atoms with Crippen molar-refractivity contribution in [1.82, 2.24) is 9.88 Å². The quantitative estimate of drug-likeness (QED) is 0.619. The largest absolute Gasteiger partial charge is 0.466 e. The maximum absolute atomic E-state index is 12.5. The predicted octanol–water partition coefficient (Wildman–Crippen LogP) is 3.48. The molecule has 1 aromatic carbocycles. The summed E-state index contributed by atoms with van der Waals surface area (Å²) in [6.07, 6.45) is 0.886. The zero-order valence-corrected chi connectivity index (χ0v) is 15.4. The Bertz CT molecular complexity index is 762. The second-order valence-corrected chi connectivity index (χ2v) is 6.07. The number of benzene rings is 1. The van der Waals surface area contributed by atoms with E-state index in [1.165, 1.54) is 0 Å². The van der Waals surface area contributed by atoms with Gasteiger partial charge in [-0.1, -0.05) is 18.2 Å². The van der Waals surface area contributed by atoms with Crippen LogP contribution in [-0.2, 0) is 9.53 Å². The summed E-state index contributed by atoms with van der Waals surface area (Å²) in [5, 5.41) is 2.88. The van der Waals surface area contributed by atoms with Crippen LogP contribution in [0.4, 0.5) is 0 Å². The molecule has 2 rings (SSSR count). The predicted molar refractivity (Wildman–Crippen MR) is 98.2 cm³/mol. The van der Waals surface area contributed by atoms with E-state index < -0.39 is 0 Å². The maximum atomic E-state index is 12.5. The van der Waals surface area contributed by atoms with E-state index in [4.69, 9.17) is 4.74 Å². The molecular weight excluding hydrogens is 316 g/mol. The van der Waals surface area contributed by atoms with Gasteiger partial charge in [0.2, 0.25) is 0 Å². The second kappa shape index (κ2) is 8.51. The summed E-state index contributed by atoms with van der Waals surface area (Å²) in [5.74, 6) is -0.341. The number of para-hydroxylation sites is 1. The van der Waals surface area contributed by atoms with Gasteiger partial charge in [-0.25, -0.2) is 0 Å². The first-order valence-corrected chi connectivity index (χ1v) is 8.64. The van der Waals surface area contributed by atoms with Crippen LogP contribution in [0, 0.1) is 20.8 Å². The van der Waals surface area contributed by atoms with Crippen LogP contribution >= 0.6 is 0 Å². The molecule has 2 aromatic rings. The molecule has 25 heavy (non-hydrogen) atoms. The van der Waals surface area contributed by atoms with Gasteiger partial charge in [-0.05, 0) is 51.8 Å². The van der Waals surface area contributed by atoms with Crippen molar-refractivity contribution in [3.05, 3.63) is 52.8 Å². The van der Waals surface area contributed by atoms with Crippen molar-refractivity contribution < 1.29 is 14.3 Å². The van der Waals surface area contributed by atoms with E-state index in [0.29, 0.717) is 31.6 Å². The van der Waals surface area contributed by atoms with Crippen LogP contribution in [0.1, 0.15) is 47.1 Å². The summed E-state index contributed by atoms with van der Waals surface area (Å²) >= 11 is 0. The molecule has 0 saturated heterocycles. The first-order valence-electron chi connectivity index (χ1n) is 8.64. The summed E-state index contributed by atoms with van der Waals surface area (Å²) in [4.78, 5) is 23.8. The number of nitrogens with one attached hydrogen (secondary N) is 1. The highest BCUT2D eigenvalue weighted by Gasteiger charge is 2.17. The number of nitrogens with zero attached hydrogens (tertiary/aromatic N) is 1. The zero-order chi connectivity index (χ0) is 18.4. The lowest BCUT2D eigenvalue weighted by Crippen LogP contribution is -2.25. The van der Waals surface area contributed by atoms with Gasteiger partial charge in [-0.2, -0.15) is 0 Å². The molecule has 0 radical (unpaired) electrons. The molecule has 1 N–H and O–H groups in total. The van der Waals surface area contributed by atoms with Crippen molar-refractivity contribution in [2.45, 2.75) is 40.5 Å². The van der Waals surface area contributed by atoms with E-state index in [1.54, 1.807) is 6.92 Å². The number of hydrogen-bond donors (Lipinski definition) is 1. The van der Waals surface area contributed by atoms with Gasteiger partial charge in [0.15, 0.2) is 0 Å². The molecule has 0 aliphatic heterocycles. The Balaban J connectivity index is 2.06. The number of carbonyl (C=O) groups is 2. The molecule has 0 bridgehead atoms. The monoisotopic (exact) mass is 342 g/mol. The van der Waals surface area contributed by atoms with Crippen molar-refractivity contribution in [3.8, 4) is 5.69 Å². The van der Waals surface area contributed by atoms with Crippen LogP contribution in [-0.4, -0.2) is 29.6 Å². The van der Waals surface area contributed by atoms with Gasteiger partial charge >= 0.3 is 5.97 Å². The van der Waals surface area contributed by atoms with Gasteiger partial charge in [-0.15, -0.1) is 0 Å². The highest BCUT2D eigenvalue weighted by atomic mass is 16.5. The normalized spacial score (nSPS) is 10.6. The Morgan fingerprint density at radius 1 is 1.16 bits per heavy atom. The molecule has 1 aromatic heterocycles. The topological polar surface area (TPSA) is 60.3 Å². The Hall–Kier alpha value is -2.56. The molecule has 0 spiro atoms. The molecule has 134 valence electrons. The van der Waals surface area contributed by atoms with Crippen LogP contribution in [0.5, 0.6) is 0 Å². The zero-order valence-electron chi connectivity index (χ0n) is 15.4. The molecule has 0 aliphatic carbocycles. The molecule has 0 unspecified atom stereocenters. The minimum absolute atomic E-state index is 0.114. The second-order valence-electron chi connectivity index (χ2n) is 6.07.